The average molecular weight is 247 g/mol. The lowest BCUT2D eigenvalue weighted by Crippen LogP contribution is -2.43. The number of epoxide rings is 1. The normalized spacial score (nSPS) is 29.6. The molecule has 0 unspecified atom stereocenters. The Hall–Kier alpha value is -1.55. The molecule has 18 heavy (non-hydrogen) atoms. The fraction of sp³-hybridized carbons (Fsp3) is 0.500. The minimum Gasteiger partial charge on any atom is -0.445 e. The van der Waals surface area contributed by atoms with Gasteiger partial charge in [-0.15, -0.1) is 0 Å². The molecule has 0 bridgehead atoms. The summed E-state index contributed by atoms with van der Waals surface area (Å²) < 4.78 is 10.9. The van der Waals surface area contributed by atoms with Crippen LogP contribution in [-0.4, -0.2) is 35.8 Å². The number of benzene rings is 1. The predicted molar refractivity (Wildman–Crippen MR) is 66.1 cm³/mol. The van der Waals surface area contributed by atoms with Gasteiger partial charge in [0.15, 0.2) is 0 Å². The number of rotatable bonds is 2. The highest BCUT2D eigenvalue weighted by Gasteiger charge is 2.56. The third-order valence-corrected chi connectivity index (χ3v) is 3.66. The molecule has 4 nitrogen and oxygen atoms in total. The number of fused-ring (bicyclic) bond motifs is 1. The molecule has 2 aliphatic rings. The highest BCUT2D eigenvalue weighted by atomic mass is 16.6. The van der Waals surface area contributed by atoms with Crippen molar-refractivity contribution in [1.29, 1.82) is 0 Å². The van der Waals surface area contributed by atoms with Crippen molar-refractivity contribution in [2.75, 3.05) is 13.1 Å². The molecular formula is C14H17NO3. The third-order valence-electron chi connectivity index (χ3n) is 3.66. The summed E-state index contributed by atoms with van der Waals surface area (Å²) in [5.41, 5.74) is 0.888. The number of hydrogen-bond donors (Lipinski definition) is 0. The molecule has 0 N–H and O–H groups in total. The van der Waals surface area contributed by atoms with E-state index in [9.17, 15) is 4.79 Å². The van der Waals surface area contributed by atoms with Crippen molar-refractivity contribution in [1.82, 2.24) is 4.90 Å². The lowest BCUT2D eigenvalue weighted by Gasteiger charge is -2.27. The number of piperidine rings is 1. The Kier molecular flexibility index (Phi) is 2.74. The van der Waals surface area contributed by atoms with Crippen LogP contribution in [0.25, 0.3) is 0 Å². The first-order valence-corrected chi connectivity index (χ1v) is 6.31. The van der Waals surface area contributed by atoms with Gasteiger partial charge < -0.3 is 14.4 Å². The Morgan fingerprint density at radius 2 is 2.28 bits per heavy atom. The third kappa shape index (κ3) is 2.20. The Labute approximate surface area is 106 Å². The standard InChI is InChI=1S/C14H17NO3/c1-14-10-15(8-7-12(14)18-14)13(16)17-9-11-5-3-2-4-6-11/h2-6,12H,7-10H2,1H3/t12-,14+/m1/s1. The average Bonchev–Trinajstić information content (AvgIpc) is 3.07. The molecule has 1 aromatic carbocycles. The van der Waals surface area contributed by atoms with E-state index in [2.05, 4.69) is 0 Å². The zero-order chi connectivity index (χ0) is 12.6. The summed E-state index contributed by atoms with van der Waals surface area (Å²) in [4.78, 5) is 13.7. The van der Waals surface area contributed by atoms with Gasteiger partial charge in [0.1, 0.15) is 12.2 Å². The van der Waals surface area contributed by atoms with Crippen LogP contribution < -0.4 is 0 Å². The Bertz CT molecular complexity index is 448. The van der Waals surface area contributed by atoms with Crippen LogP contribution in [0.4, 0.5) is 4.79 Å². The van der Waals surface area contributed by atoms with Gasteiger partial charge in [0, 0.05) is 6.54 Å². The van der Waals surface area contributed by atoms with E-state index in [0.717, 1.165) is 18.5 Å². The second kappa shape index (κ2) is 4.28. The maximum Gasteiger partial charge on any atom is 0.410 e. The van der Waals surface area contributed by atoms with E-state index >= 15 is 0 Å². The summed E-state index contributed by atoms with van der Waals surface area (Å²) in [6.07, 6.45) is 1.02. The number of likely N-dealkylation sites (tertiary alicyclic amines) is 1. The van der Waals surface area contributed by atoms with E-state index in [1.54, 1.807) is 4.90 Å². The van der Waals surface area contributed by atoms with Crippen LogP contribution in [-0.2, 0) is 16.1 Å². The lowest BCUT2D eigenvalue weighted by molar-refractivity contribution is 0.0855. The molecule has 2 atom stereocenters. The van der Waals surface area contributed by atoms with Gasteiger partial charge in [-0.25, -0.2) is 4.79 Å². The summed E-state index contributed by atoms with van der Waals surface area (Å²) in [6.45, 7) is 3.75. The second-order valence-electron chi connectivity index (χ2n) is 5.17. The van der Waals surface area contributed by atoms with Crippen LogP contribution >= 0.6 is 0 Å². The topological polar surface area (TPSA) is 42.1 Å². The number of carbonyl (C=O) groups is 1. The number of amides is 1. The molecule has 0 spiro atoms. The Morgan fingerprint density at radius 1 is 1.50 bits per heavy atom. The molecule has 2 aliphatic heterocycles. The molecule has 1 amide bonds. The quantitative estimate of drug-likeness (QED) is 0.752. The summed E-state index contributed by atoms with van der Waals surface area (Å²) in [6, 6.07) is 9.72. The van der Waals surface area contributed by atoms with Crippen LogP contribution in [0.3, 0.4) is 0 Å². The fourth-order valence-electron chi connectivity index (χ4n) is 2.49. The maximum atomic E-state index is 11.9. The van der Waals surface area contributed by atoms with Crippen molar-refractivity contribution in [2.45, 2.75) is 31.7 Å². The van der Waals surface area contributed by atoms with Gasteiger partial charge in [0.25, 0.3) is 0 Å². The number of hydrogen-bond acceptors (Lipinski definition) is 3. The van der Waals surface area contributed by atoms with E-state index in [1.807, 2.05) is 37.3 Å². The van der Waals surface area contributed by atoms with Crippen LogP contribution in [0.1, 0.15) is 18.9 Å². The molecule has 0 aromatic heterocycles. The molecule has 2 saturated heterocycles. The molecular weight excluding hydrogens is 230 g/mol. The zero-order valence-electron chi connectivity index (χ0n) is 10.5. The lowest BCUT2D eigenvalue weighted by atomic mass is 10.0. The van der Waals surface area contributed by atoms with E-state index in [4.69, 9.17) is 9.47 Å². The summed E-state index contributed by atoms with van der Waals surface area (Å²) in [5.74, 6) is 0. The monoisotopic (exact) mass is 247 g/mol. The molecule has 2 fully saturated rings. The summed E-state index contributed by atoms with van der Waals surface area (Å²) in [5, 5.41) is 0. The molecule has 0 aliphatic carbocycles. The number of ether oxygens (including phenoxy) is 2. The second-order valence-corrected chi connectivity index (χ2v) is 5.17. The molecule has 2 heterocycles. The number of carbonyl (C=O) groups excluding carboxylic acids is 1. The van der Waals surface area contributed by atoms with Gasteiger partial charge in [-0.1, -0.05) is 30.3 Å². The summed E-state index contributed by atoms with van der Waals surface area (Å²) in [7, 11) is 0. The van der Waals surface area contributed by atoms with Crippen LogP contribution in [0.15, 0.2) is 30.3 Å². The highest BCUT2D eigenvalue weighted by Crippen LogP contribution is 2.42. The first-order valence-electron chi connectivity index (χ1n) is 6.31. The van der Waals surface area contributed by atoms with E-state index in [0.29, 0.717) is 19.3 Å². The van der Waals surface area contributed by atoms with Crippen LogP contribution in [0.5, 0.6) is 0 Å². The largest absolute Gasteiger partial charge is 0.445 e. The molecule has 0 saturated carbocycles. The van der Waals surface area contributed by atoms with Gasteiger partial charge in [-0.3, -0.25) is 0 Å². The fourth-order valence-corrected chi connectivity index (χ4v) is 2.49. The van der Waals surface area contributed by atoms with Crippen LogP contribution in [0.2, 0.25) is 0 Å². The molecule has 4 heteroatoms. The molecule has 3 rings (SSSR count). The first kappa shape index (κ1) is 11.5. The van der Waals surface area contributed by atoms with Crippen molar-refractivity contribution in [3.63, 3.8) is 0 Å². The molecule has 96 valence electrons. The van der Waals surface area contributed by atoms with Crippen LogP contribution in [0, 0.1) is 0 Å². The van der Waals surface area contributed by atoms with Gasteiger partial charge in [-0.05, 0) is 18.9 Å². The SMILES string of the molecule is C[C@]12CN(C(=O)OCc3ccccc3)CC[C@H]1O2. The van der Waals surface area contributed by atoms with Crippen molar-refractivity contribution in [2.24, 2.45) is 0 Å². The first-order chi connectivity index (χ1) is 8.67. The van der Waals surface area contributed by atoms with Gasteiger partial charge in [-0.2, -0.15) is 0 Å². The van der Waals surface area contributed by atoms with Gasteiger partial charge in [0.2, 0.25) is 0 Å². The van der Waals surface area contributed by atoms with Gasteiger partial charge >= 0.3 is 6.09 Å². The van der Waals surface area contributed by atoms with Crippen molar-refractivity contribution < 1.29 is 14.3 Å². The molecule has 1 aromatic rings. The Morgan fingerprint density at radius 3 is 3.00 bits per heavy atom. The minimum absolute atomic E-state index is 0.121. The smallest absolute Gasteiger partial charge is 0.410 e. The zero-order valence-corrected chi connectivity index (χ0v) is 10.5. The van der Waals surface area contributed by atoms with E-state index in [1.165, 1.54) is 0 Å². The minimum atomic E-state index is -0.242. The Balaban J connectivity index is 1.52. The predicted octanol–water partition coefficient (Wildman–Crippen LogP) is 2.19. The van der Waals surface area contributed by atoms with E-state index < -0.39 is 0 Å². The number of nitrogens with zero attached hydrogens (tertiary/aromatic N) is 1. The highest BCUT2D eigenvalue weighted by molar-refractivity contribution is 5.68. The van der Waals surface area contributed by atoms with Gasteiger partial charge in [0.05, 0.1) is 12.6 Å². The maximum absolute atomic E-state index is 11.9. The van der Waals surface area contributed by atoms with Crippen molar-refractivity contribution >= 4 is 6.09 Å². The van der Waals surface area contributed by atoms with Crippen molar-refractivity contribution in [3.8, 4) is 0 Å². The molecule has 0 radical (unpaired) electrons. The van der Waals surface area contributed by atoms with Crippen molar-refractivity contribution in [3.05, 3.63) is 35.9 Å². The van der Waals surface area contributed by atoms with E-state index in [-0.39, 0.29) is 11.7 Å². The summed E-state index contributed by atoms with van der Waals surface area (Å²) >= 11 is 0.